The summed E-state index contributed by atoms with van der Waals surface area (Å²) in [5.41, 5.74) is 3.42. The average Bonchev–Trinajstić information content (AvgIpc) is 3.22. The van der Waals surface area contributed by atoms with E-state index in [0.717, 1.165) is 37.9 Å². The highest BCUT2D eigenvalue weighted by atomic mass is 16.2. The van der Waals surface area contributed by atoms with Gasteiger partial charge in [0.15, 0.2) is 0 Å². The molecule has 0 radical (unpaired) electrons. The van der Waals surface area contributed by atoms with Crippen molar-refractivity contribution >= 4 is 17.5 Å². The summed E-state index contributed by atoms with van der Waals surface area (Å²) in [4.78, 5) is 27.5. The quantitative estimate of drug-likeness (QED) is 0.780. The standard InChI is InChI=1S/C24H30N2O2/c1-17(2)16-19-10-12-20(13-11-19)18(3)23(27)25-22-9-5-4-8-21(22)24(28)26-14-6-7-15-26/h4-5,8-13,17-18H,6-7,14-16H2,1-3H3,(H,25,27). The van der Waals surface area contributed by atoms with E-state index >= 15 is 0 Å². The number of anilines is 1. The average molecular weight is 379 g/mol. The van der Waals surface area contributed by atoms with Gasteiger partial charge in [0.1, 0.15) is 0 Å². The predicted molar refractivity (Wildman–Crippen MR) is 114 cm³/mol. The van der Waals surface area contributed by atoms with Gasteiger partial charge in [-0.1, -0.05) is 50.2 Å². The van der Waals surface area contributed by atoms with Crippen molar-refractivity contribution in [2.75, 3.05) is 18.4 Å². The first-order valence-corrected chi connectivity index (χ1v) is 10.2. The van der Waals surface area contributed by atoms with Gasteiger partial charge in [0.05, 0.1) is 17.2 Å². The van der Waals surface area contributed by atoms with Gasteiger partial charge in [0.25, 0.3) is 5.91 Å². The number of benzene rings is 2. The third-order valence-corrected chi connectivity index (χ3v) is 5.33. The van der Waals surface area contributed by atoms with Crippen molar-refractivity contribution in [2.45, 2.75) is 46.0 Å². The number of nitrogens with zero attached hydrogens (tertiary/aromatic N) is 1. The fraction of sp³-hybridized carbons (Fsp3) is 0.417. The number of carbonyl (C=O) groups excluding carboxylic acids is 2. The number of hydrogen-bond donors (Lipinski definition) is 1. The summed E-state index contributed by atoms with van der Waals surface area (Å²) in [5.74, 6) is 0.219. The highest BCUT2D eigenvalue weighted by Gasteiger charge is 2.23. The van der Waals surface area contributed by atoms with Gasteiger partial charge in [-0.2, -0.15) is 0 Å². The van der Waals surface area contributed by atoms with Crippen LogP contribution in [0.15, 0.2) is 48.5 Å². The van der Waals surface area contributed by atoms with Crippen LogP contribution in [-0.4, -0.2) is 29.8 Å². The lowest BCUT2D eigenvalue weighted by Crippen LogP contribution is -2.29. The van der Waals surface area contributed by atoms with Crippen LogP contribution < -0.4 is 5.32 Å². The molecule has 148 valence electrons. The molecule has 3 rings (SSSR count). The Balaban J connectivity index is 1.71. The second-order valence-electron chi connectivity index (χ2n) is 8.10. The second-order valence-corrected chi connectivity index (χ2v) is 8.10. The molecule has 2 aromatic carbocycles. The van der Waals surface area contributed by atoms with Crippen LogP contribution in [0, 0.1) is 5.92 Å². The smallest absolute Gasteiger partial charge is 0.255 e. The van der Waals surface area contributed by atoms with Crippen LogP contribution in [0.2, 0.25) is 0 Å². The van der Waals surface area contributed by atoms with E-state index in [1.54, 1.807) is 12.1 Å². The Bertz CT molecular complexity index is 821. The molecule has 2 aromatic rings. The van der Waals surface area contributed by atoms with Crippen LogP contribution >= 0.6 is 0 Å². The molecule has 1 aliphatic heterocycles. The molecule has 4 heteroatoms. The summed E-state index contributed by atoms with van der Waals surface area (Å²) >= 11 is 0. The van der Waals surface area contributed by atoms with E-state index in [4.69, 9.17) is 0 Å². The van der Waals surface area contributed by atoms with E-state index in [9.17, 15) is 9.59 Å². The molecule has 0 bridgehead atoms. The van der Waals surface area contributed by atoms with Crippen molar-refractivity contribution in [3.05, 3.63) is 65.2 Å². The maximum atomic E-state index is 12.8. The Morgan fingerprint density at radius 1 is 0.964 bits per heavy atom. The van der Waals surface area contributed by atoms with Crippen molar-refractivity contribution < 1.29 is 9.59 Å². The zero-order valence-electron chi connectivity index (χ0n) is 17.1. The van der Waals surface area contributed by atoms with Crippen LogP contribution in [0.1, 0.15) is 61.0 Å². The molecule has 2 amide bonds. The molecule has 28 heavy (non-hydrogen) atoms. The van der Waals surface area contributed by atoms with Crippen molar-refractivity contribution in [3.63, 3.8) is 0 Å². The Morgan fingerprint density at radius 3 is 2.25 bits per heavy atom. The van der Waals surface area contributed by atoms with Gasteiger partial charge in [-0.3, -0.25) is 9.59 Å². The van der Waals surface area contributed by atoms with Gasteiger partial charge in [-0.05, 0) is 55.4 Å². The van der Waals surface area contributed by atoms with E-state index < -0.39 is 0 Å². The molecule has 1 saturated heterocycles. The van der Waals surface area contributed by atoms with Gasteiger partial charge in [0, 0.05) is 13.1 Å². The monoisotopic (exact) mass is 378 g/mol. The number of para-hydroxylation sites is 1. The number of rotatable bonds is 6. The van der Waals surface area contributed by atoms with Crippen LogP contribution in [0.5, 0.6) is 0 Å². The fourth-order valence-electron chi connectivity index (χ4n) is 3.68. The number of carbonyl (C=O) groups is 2. The summed E-state index contributed by atoms with van der Waals surface area (Å²) < 4.78 is 0. The van der Waals surface area contributed by atoms with Crippen molar-refractivity contribution in [2.24, 2.45) is 5.92 Å². The van der Waals surface area contributed by atoms with Crippen LogP contribution in [0.4, 0.5) is 5.69 Å². The van der Waals surface area contributed by atoms with Crippen LogP contribution in [-0.2, 0) is 11.2 Å². The largest absolute Gasteiger partial charge is 0.339 e. The van der Waals surface area contributed by atoms with E-state index in [2.05, 4.69) is 31.3 Å². The lowest BCUT2D eigenvalue weighted by Gasteiger charge is -2.19. The van der Waals surface area contributed by atoms with E-state index in [1.807, 2.05) is 36.1 Å². The minimum atomic E-state index is -0.289. The van der Waals surface area contributed by atoms with Gasteiger partial charge in [-0.15, -0.1) is 0 Å². The van der Waals surface area contributed by atoms with Gasteiger partial charge >= 0.3 is 0 Å². The summed E-state index contributed by atoms with van der Waals surface area (Å²) in [5, 5.41) is 2.97. The van der Waals surface area contributed by atoms with Crippen LogP contribution in [0.25, 0.3) is 0 Å². The first-order valence-electron chi connectivity index (χ1n) is 10.2. The Morgan fingerprint density at radius 2 is 1.61 bits per heavy atom. The zero-order valence-corrected chi connectivity index (χ0v) is 17.1. The van der Waals surface area contributed by atoms with E-state index in [-0.39, 0.29) is 17.7 Å². The molecule has 0 aromatic heterocycles. The maximum absolute atomic E-state index is 12.8. The molecule has 0 spiro atoms. The minimum Gasteiger partial charge on any atom is -0.339 e. The topological polar surface area (TPSA) is 49.4 Å². The first-order chi connectivity index (χ1) is 13.5. The molecule has 1 unspecified atom stereocenters. The normalized spacial score (nSPS) is 14.9. The molecule has 4 nitrogen and oxygen atoms in total. The predicted octanol–water partition coefficient (Wildman–Crippen LogP) is 4.86. The fourth-order valence-corrected chi connectivity index (χ4v) is 3.68. The highest BCUT2D eigenvalue weighted by molar-refractivity contribution is 6.05. The summed E-state index contributed by atoms with van der Waals surface area (Å²) in [6.07, 6.45) is 3.13. The lowest BCUT2D eigenvalue weighted by atomic mass is 9.96. The number of hydrogen-bond acceptors (Lipinski definition) is 2. The Hall–Kier alpha value is -2.62. The molecule has 1 aliphatic rings. The van der Waals surface area contributed by atoms with Gasteiger partial charge in [0.2, 0.25) is 5.91 Å². The number of amides is 2. The summed E-state index contributed by atoms with van der Waals surface area (Å²) in [7, 11) is 0. The highest BCUT2D eigenvalue weighted by Crippen LogP contribution is 2.23. The minimum absolute atomic E-state index is 0.000841. The van der Waals surface area contributed by atoms with E-state index in [1.165, 1.54) is 5.56 Å². The maximum Gasteiger partial charge on any atom is 0.255 e. The molecular weight excluding hydrogens is 348 g/mol. The van der Waals surface area contributed by atoms with Crippen LogP contribution in [0.3, 0.4) is 0 Å². The molecule has 0 saturated carbocycles. The molecular formula is C24H30N2O2. The Kier molecular flexibility index (Phi) is 6.50. The number of likely N-dealkylation sites (tertiary alicyclic amines) is 1. The van der Waals surface area contributed by atoms with Gasteiger partial charge < -0.3 is 10.2 Å². The number of nitrogens with one attached hydrogen (secondary N) is 1. The molecule has 1 fully saturated rings. The van der Waals surface area contributed by atoms with Gasteiger partial charge in [-0.25, -0.2) is 0 Å². The summed E-state index contributed by atoms with van der Waals surface area (Å²) in [6, 6.07) is 15.6. The second kappa shape index (κ2) is 9.05. The first kappa shape index (κ1) is 20.1. The molecule has 1 heterocycles. The molecule has 0 aliphatic carbocycles. The van der Waals surface area contributed by atoms with Crippen molar-refractivity contribution in [3.8, 4) is 0 Å². The SMILES string of the molecule is CC(C)Cc1ccc(C(C)C(=O)Nc2ccccc2C(=O)N2CCCC2)cc1. The third kappa shape index (κ3) is 4.80. The van der Waals surface area contributed by atoms with E-state index in [0.29, 0.717) is 17.2 Å². The zero-order chi connectivity index (χ0) is 20.1. The Labute approximate surface area is 167 Å². The molecule has 1 atom stereocenters. The molecule has 1 N–H and O–H groups in total. The van der Waals surface area contributed by atoms with Crippen molar-refractivity contribution in [1.82, 2.24) is 4.90 Å². The summed E-state index contributed by atoms with van der Waals surface area (Å²) in [6.45, 7) is 7.88. The lowest BCUT2D eigenvalue weighted by molar-refractivity contribution is -0.117. The van der Waals surface area contributed by atoms with Crippen molar-refractivity contribution in [1.29, 1.82) is 0 Å². The third-order valence-electron chi connectivity index (χ3n) is 5.33.